The maximum Gasteiger partial charge on any atom is 0.365 e. The molecule has 0 unspecified atom stereocenters. The molecule has 0 saturated heterocycles. The van der Waals surface area contributed by atoms with E-state index in [1.165, 1.54) is 12.5 Å². The topological polar surface area (TPSA) is 76.0 Å². The highest BCUT2D eigenvalue weighted by Gasteiger charge is 2.10. The summed E-state index contributed by atoms with van der Waals surface area (Å²) in [6.45, 7) is 0. The SMILES string of the molecule is O=C(O)c1ncc(-c2ccncn2)s1. The van der Waals surface area contributed by atoms with Crippen molar-refractivity contribution < 1.29 is 9.90 Å². The van der Waals surface area contributed by atoms with Crippen molar-refractivity contribution in [2.24, 2.45) is 0 Å². The van der Waals surface area contributed by atoms with Crippen LogP contribution in [0.15, 0.2) is 24.8 Å². The van der Waals surface area contributed by atoms with Gasteiger partial charge in [0.2, 0.25) is 5.01 Å². The average molecular weight is 207 g/mol. The molecule has 0 radical (unpaired) electrons. The molecule has 0 spiro atoms. The summed E-state index contributed by atoms with van der Waals surface area (Å²) in [7, 11) is 0. The molecule has 0 bridgehead atoms. The van der Waals surface area contributed by atoms with Gasteiger partial charge in [0.15, 0.2) is 0 Å². The molecule has 0 fully saturated rings. The van der Waals surface area contributed by atoms with E-state index in [1.807, 2.05) is 0 Å². The Kier molecular flexibility index (Phi) is 2.19. The summed E-state index contributed by atoms with van der Waals surface area (Å²) < 4.78 is 0. The van der Waals surface area contributed by atoms with Gasteiger partial charge in [0.05, 0.1) is 10.6 Å². The van der Waals surface area contributed by atoms with Gasteiger partial charge in [-0.2, -0.15) is 0 Å². The molecule has 2 aromatic rings. The van der Waals surface area contributed by atoms with Gasteiger partial charge < -0.3 is 5.11 Å². The molecular formula is C8H5N3O2S. The first kappa shape index (κ1) is 8.76. The van der Waals surface area contributed by atoms with Crippen LogP contribution in [0.2, 0.25) is 0 Å². The van der Waals surface area contributed by atoms with E-state index in [0.717, 1.165) is 16.2 Å². The minimum absolute atomic E-state index is 0.0682. The number of carboxylic acid groups (broad SMARTS) is 1. The molecule has 0 saturated carbocycles. The lowest BCUT2D eigenvalue weighted by Crippen LogP contribution is -1.92. The molecule has 2 rings (SSSR count). The Hall–Kier alpha value is -1.82. The van der Waals surface area contributed by atoms with E-state index in [9.17, 15) is 4.79 Å². The van der Waals surface area contributed by atoms with Crippen LogP contribution in [0, 0.1) is 0 Å². The van der Waals surface area contributed by atoms with Crippen molar-refractivity contribution in [2.45, 2.75) is 0 Å². The highest BCUT2D eigenvalue weighted by atomic mass is 32.1. The lowest BCUT2D eigenvalue weighted by Gasteiger charge is -1.91. The zero-order valence-corrected chi connectivity index (χ0v) is 7.73. The van der Waals surface area contributed by atoms with Crippen LogP contribution < -0.4 is 0 Å². The summed E-state index contributed by atoms with van der Waals surface area (Å²) in [5.41, 5.74) is 0.685. The van der Waals surface area contributed by atoms with Crippen LogP contribution in [0.4, 0.5) is 0 Å². The molecule has 5 nitrogen and oxygen atoms in total. The molecule has 6 heteroatoms. The van der Waals surface area contributed by atoms with Crippen LogP contribution >= 0.6 is 11.3 Å². The molecule has 0 aliphatic rings. The Bertz CT molecular complexity index is 455. The molecule has 70 valence electrons. The van der Waals surface area contributed by atoms with Crippen LogP contribution in [0.1, 0.15) is 9.80 Å². The Morgan fingerprint density at radius 3 is 2.86 bits per heavy atom. The second-order valence-electron chi connectivity index (χ2n) is 2.43. The Labute approximate surface area is 83.1 Å². The van der Waals surface area contributed by atoms with Crippen molar-refractivity contribution in [2.75, 3.05) is 0 Å². The first-order valence-corrected chi connectivity index (χ1v) is 4.54. The molecule has 0 aromatic carbocycles. The number of nitrogens with zero attached hydrogens (tertiary/aromatic N) is 3. The van der Waals surface area contributed by atoms with E-state index in [0.29, 0.717) is 5.69 Å². The molecule has 2 aromatic heterocycles. The van der Waals surface area contributed by atoms with Crippen LogP contribution in [-0.4, -0.2) is 26.0 Å². The minimum Gasteiger partial charge on any atom is -0.476 e. The fourth-order valence-electron chi connectivity index (χ4n) is 0.928. The van der Waals surface area contributed by atoms with Gasteiger partial charge in [0.1, 0.15) is 6.33 Å². The summed E-state index contributed by atoms with van der Waals surface area (Å²) in [6.07, 6.45) is 4.51. The number of hydrogen-bond donors (Lipinski definition) is 1. The summed E-state index contributed by atoms with van der Waals surface area (Å²) in [5.74, 6) is -1.02. The Morgan fingerprint density at radius 1 is 1.43 bits per heavy atom. The molecule has 1 N–H and O–H groups in total. The number of thiazole rings is 1. The number of hydrogen-bond acceptors (Lipinski definition) is 5. The van der Waals surface area contributed by atoms with E-state index in [4.69, 9.17) is 5.11 Å². The first-order valence-electron chi connectivity index (χ1n) is 3.73. The third kappa shape index (κ3) is 1.60. The molecular weight excluding hydrogens is 202 g/mol. The smallest absolute Gasteiger partial charge is 0.365 e. The first-order chi connectivity index (χ1) is 6.77. The zero-order valence-electron chi connectivity index (χ0n) is 6.91. The van der Waals surface area contributed by atoms with Gasteiger partial charge in [-0.1, -0.05) is 0 Å². The number of carbonyl (C=O) groups is 1. The lowest BCUT2D eigenvalue weighted by atomic mass is 10.4. The predicted octanol–water partition coefficient (Wildman–Crippen LogP) is 1.30. The number of aromatic carboxylic acids is 1. The maximum atomic E-state index is 10.6. The van der Waals surface area contributed by atoms with E-state index < -0.39 is 5.97 Å². The summed E-state index contributed by atoms with van der Waals surface area (Å²) in [5, 5.41) is 8.73. The van der Waals surface area contributed by atoms with Gasteiger partial charge in [-0.15, -0.1) is 11.3 Å². The summed E-state index contributed by atoms with van der Waals surface area (Å²) in [4.78, 5) is 22.8. The van der Waals surface area contributed by atoms with Gasteiger partial charge in [0.25, 0.3) is 0 Å². The predicted molar refractivity (Wildman–Crippen MR) is 50.1 cm³/mol. The standard InChI is InChI=1S/C8H5N3O2S/c12-8(13)7-10-3-6(14-7)5-1-2-9-4-11-5/h1-4H,(H,12,13). The van der Waals surface area contributed by atoms with Crippen LogP contribution in [0.25, 0.3) is 10.6 Å². The molecule has 0 atom stereocenters. The quantitative estimate of drug-likeness (QED) is 0.803. The van der Waals surface area contributed by atoms with Gasteiger partial charge in [-0.25, -0.2) is 19.7 Å². The normalized spacial score (nSPS) is 10.0. The average Bonchev–Trinajstić information content (AvgIpc) is 2.68. The fraction of sp³-hybridized carbons (Fsp3) is 0. The van der Waals surface area contributed by atoms with Crippen molar-refractivity contribution in [3.8, 4) is 10.6 Å². The van der Waals surface area contributed by atoms with Gasteiger partial charge in [-0.3, -0.25) is 0 Å². The van der Waals surface area contributed by atoms with E-state index in [2.05, 4.69) is 15.0 Å². The summed E-state index contributed by atoms with van der Waals surface area (Å²) in [6, 6.07) is 1.71. The molecule has 2 heterocycles. The molecule has 0 amide bonds. The maximum absolute atomic E-state index is 10.6. The monoisotopic (exact) mass is 207 g/mol. The van der Waals surface area contributed by atoms with Gasteiger partial charge in [-0.05, 0) is 6.07 Å². The minimum atomic E-state index is -1.02. The van der Waals surface area contributed by atoms with Crippen molar-refractivity contribution in [1.82, 2.24) is 15.0 Å². The third-order valence-corrected chi connectivity index (χ3v) is 2.53. The van der Waals surface area contributed by atoms with Crippen LogP contribution in [0.3, 0.4) is 0 Å². The summed E-state index contributed by atoms with van der Waals surface area (Å²) >= 11 is 1.09. The number of rotatable bonds is 2. The van der Waals surface area contributed by atoms with Crippen molar-refractivity contribution >= 4 is 17.3 Å². The van der Waals surface area contributed by atoms with Crippen molar-refractivity contribution in [3.63, 3.8) is 0 Å². The zero-order chi connectivity index (χ0) is 9.97. The van der Waals surface area contributed by atoms with E-state index in [1.54, 1.807) is 12.3 Å². The van der Waals surface area contributed by atoms with Gasteiger partial charge in [0, 0.05) is 12.4 Å². The second-order valence-corrected chi connectivity index (χ2v) is 3.46. The highest BCUT2D eigenvalue weighted by molar-refractivity contribution is 7.16. The molecule has 14 heavy (non-hydrogen) atoms. The third-order valence-electron chi connectivity index (χ3n) is 1.52. The number of carboxylic acids is 1. The van der Waals surface area contributed by atoms with Crippen LogP contribution in [0.5, 0.6) is 0 Å². The Balaban J connectivity index is 2.39. The highest BCUT2D eigenvalue weighted by Crippen LogP contribution is 2.23. The fourth-order valence-corrected chi connectivity index (χ4v) is 1.66. The molecule has 0 aliphatic heterocycles. The number of aromatic nitrogens is 3. The lowest BCUT2D eigenvalue weighted by molar-refractivity contribution is 0.0696. The molecule has 0 aliphatic carbocycles. The van der Waals surface area contributed by atoms with E-state index in [-0.39, 0.29) is 5.01 Å². The van der Waals surface area contributed by atoms with Crippen molar-refractivity contribution in [1.29, 1.82) is 0 Å². The van der Waals surface area contributed by atoms with E-state index >= 15 is 0 Å². The largest absolute Gasteiger partial charge is 0.476 e. The second kappa shape index (κ2) is 3.51. The van der Waals surface area contributed by atoms with Crippen molar-refractivity contribution in [3.05, 3.63) is 29.8 Å². The van der Waals surface area contributed by atoms with Crippen LogP contribution in [-0.2, 0) is 0 Å². The van der Waals surface area contributed by atoms with Gasteiger partial charge >= 0.3 is 5.97 Å². The Morgan fingerprint density at radius 2 is 2.29 bits per heavy atom.